The zero-order chi connectivity index (χ0) is 18.1. The summed E-state index contributed by atoms with van der Waals surface area (Å²) in [7, 11) is 0. The van der Waals surface area contributed by atoms with Gasteiger partial charge in [0, 0.05) is 6.04 Å². The smallest absolute Gasteiger partial charge is 0.338 e. The van der Waals surface area contributed by atoms with Gasteiger partial charge >= 0.3 is 5.97 Å². The topological polar surface area (TPSA) is 55.4 Å². The molecule has 0 radical (unpaired) electrons. The van der Waals surface area contributed by atoms with Crippen molar-refractivity contribution in [2.24, 2.45) is 0 Å². The van der Waals surface area contributed by atoms with Gasteiger partial charge in [0.1, 0.15) is 0 Å². The lowest BCUT2D eigenvalue weighted by atomic mass is 10.1. The molecular weight excluding hydrogens is 314 g/mol. The van der Waals surface area contributed by atoms with Crippen LogP contribution in [0.4, 0.5) is 0 Å². The minimum Gasteiger partial charge on any atom is -0.452 e. The molecule has 1 amide bonds. The molecule has 2 rings (SSSR count). The van der Waals surface area contributed by atoms with Crippen LogP contribution in [0.25, 0.3) is 0 Å². The Morgan fingerprint density at radius 3 is 2.32 bits per heavy atom. The van der Waals surface area contributed by atoms with Crippen LogP contribution in [-0.2, 0) is 22.4 Å². The van der Waals surface area contributed by atoms with Gasteiger partial charge in [-0.05, 0) is 49.4 Å². The summed E-state index contributed by atoms with van der Waals surface area (Å²) in [5, 5.41) is 2.86. The summed E-state index contributed by atoms with van der Waals surface area (Å²) in [6, 6.07) is 17.4. The molecule has 0 saturated carbocycles. The Morgan fingerprint density at radius 2 is 1.68 bits per heavy atom. The summed E-state index contributed by atoms with van der Waals surface area (Å²) in [4.78, 5) is 23.9. The Labute approximate surface area is 149 Å². The van der Waals surface area contributed by atoms with Gasteiger partial charge in [0.15, 0.2) is 6.61 Å². The predicted molar refractivity (Wildman–Crippen MR) is 98.5 cm³/mol. The molecule has 0 fully saturated rings. The molecule has 4 heteroatoms. The number of amides is 1. The van der Waals surface area contributed by atoms with Gasteiger partial charge in [-0.1, -0.05) is 49.4 Å². The highest BCUT2D eigenvalue weighted by molar-refractivity contribution is 5.91. The molecule has 2 aromatic rings. The van der Waals surface area contributed by atoms with Crippen molar-refractivity contribution in [3.8, 4) is 0 Å². The Kier molecular flexibility index (Phi) is 7.20. The van der Waals surface area contributed by atoms with Crippen molar-refractivity contribution in [2.45, 2.75) is 39.2 Å². The van der Waals surface area contributed by atoms with Crippen LogP contribution in [0.5, 0.6) is 0 Å². The number of hydrogen-bond donors (Lipinski definition) is 1. The Hall–Kier alpha value is -2.62. The second kappa shape index (κ2) is 9.62. The lowest BCUT2D eigenvalue weighted by Gasteiger charge is -2.14. The summed E-state index contributed by atoms with van der Waals surface area (Å²) in [5.41, 5.74) is 2.86. The number of esters is 1. The largest absolute Gasteiger partial charge is 0.452 e. The van der Waals surface area contributed by atoms with E-state index in [-0.39, 0.29) is 18.6 Å². The maximum atomic E-state index is 11.9. The van der Waals surface area contributed by atoms with Crippen molar-refractivity contribution in [3.63, 3.8) is 0 Å². The molecule has 1 N–H and O–H groups in total. The van der Waals surface area contributed by atoms with Crippen LogP contribution >= 0.6 is 0 Å². The fourth-order valence-electron chi connectivity index (χ4n) is 2.51. The van der Waals surface area contributed by atoms with Crippen molar-refractivity contribution >= 4 is 11.9 Å². The predicted octanol–water partition coefficient (Wildman–Crippen LogP) is 3.54. The van der Waals surface area contributed by atoms with Crippen LogP contribution in [0.2, 0.25) is 0 Å². The highest BCUT2D eigenvalue weighted by Gasteiger charge is 2.12. The van der Waals surface area contributed by atoms with Gasteiger partial charge < -0.3 is 10.1 Å². The molecule has 0 spiro atoms. The number of carbonyl (C=O) groups excluding carboxylic acids is 2. The first kappa shape index (κ1) is 18.7. The average Bonchev–Trinajstić information content (AvgIpc) is 2.65. The molecule has 1 atom stereocenters. The van der Waals surface area contributed by atoms with Crippen molar-refractivity contribution in [3.05, 3.63) is 71.3 Å². The lowest BCUT2D eigenvalue weighted by molar-refractivity contribution is -0.124. The molecule has 0 aliphatic carbocycles. The molecule has 0 bridgehead atoms. The summed E-state index contributed by atoms with van der Waals surface area (Å²) in [6.45, 7) is 3.74. The first-order valence-electron chi connectivity index (χ1n) is 8.68. The van der Waals surface area contributed by atoms with E-state index >= 15 is 0 Å². The van der Waals surface area contributed by atoms with Gasteiger partial charge in [0.2, 0.25) is 0 Å². The van der Waals surface area contributed by atoms with E-state index in [1.807, 2.05) is 37.3 Å². The number of hydrogen-bond acceptors (Lipinski definition) is 3. The third-order valence-corrected chi connectivity index (χ3v) is 4.05. The van der Waals surface area contributed by atoms with Crippen LogP contribution in [-0.4, -0.2) is 24.5 Å². The van der Waals surface area contributed by atoms with Gasteiger partial charge in [-0.15, -0.1) is 0 Å². The normalized spacial score (nSPS) is 11.6. The number of carbonyl (C=O) groups is 2. The molecule has 0 aromatic heterocycles. The van der Waals surface area contributed by atoms with Crippen molar-refractivity contribution in [1.82, 2.24) is 5.32 Å². The van der Waals surface area contributed by atoms with E-state index in [9.17, 15) is 9.59 Å². The fourth-order valence-corrected chi connectivity index (χ4v) is 2.51. The molecule has 0 saturated heterocycles. The quantitative estimate of drug-likeness (QED) is 0.749. The van der Waals surface area contributed by atoms with Crippen molar-refractivity contribution < 1.29 is 14.3 Å². The van der Waals surface area contributed by atoms with E-state index in [1.165, 1.54) is 5.56 Å². The SMILES string of the molecule is CCc1ccc(C(=O)OCC(=O)N[C@@H](C)CCc2ccccc2)cc1. The Bertz CT molecular complexity index is 680. The first-order chi connectivity index (χ1) is 12.1. The zero-order valence-corrected chi connectivity index (χ0v) is 14.8. The number of nitrogens with one attached hydrogen (secondary N) is 1. The lowest BCUT2D eigenvalue weighted by Crippen LogP contribution is -2.36. The number of rotatable bonds is 8. The summed E-state index contributed by atoms with van der Waals surface area (Å²) in [5.74, 6) is -0.756. The Morgan fingerprint density at radius 1 is 1.00 bits per heavy atom. The molecule has 25 heavy (non-hydrogen) atoms. The fraction of sp³-hybridized carbons (Fsp3) is 0.333. The molecule has 4 nitrogen and oxygen atoms in total. The third kappa shape index (κ3) is 6.42. The number of aryl methyl sites for hydroxylation is 2. The standard InChI is InChI=1S/C21H25NO3/c1-3-17-11-13-19(14-12-17)21(24)25-15-20(23)22-16(2)9-10-18-7-5-4-6-8-18/h4-8,11-14,16H,3,9-10,15H2,1-2H3,(H,22,23)/t16-/m0/s1. The van der Waals surface area contributed by atoms with Gasteiger partial charge in [0.05, 0.1) is 5.56 Å². The molecule has 132 valence electrons. The van der Waals surface area contributed by atoms with Gasteiger partial charge in [-0.2, -0.15) is 0 Å². The van der Waals surface area contributed by atoms with Crippen LogP contribution in [0, 0.1) is 0 Å². The number of ether oxygens (including phenoxy) is 1. The molecule has 0 aliphatic heterocycles. The third-order valence-electron chi connectivity index (χ3n) is 4.05. The van der Waals surface area contributed by atoms with Crippen LogP contribution in [0.3, 0.4) is 0 Å². The Balaban J connectivity index is 1.71. The van der Waals surface area contributed by atoms with Crippen molar-refractivity contribution in [2.75, 3.05) is 6.61 Å². The van der Waals surface area contributed by atoms with E-state index < -0.39 is 5.97 Å². The van der Waals surface area contributed by atoms with E-state index in [2.05, 4.69) is 24.4 Å². The highest BCUT2D eigenvalue weighted by Crippen LogP contribution is 2.07. The highest BCUT2D eigenvalue weighted by atomic mass is 16.5. The molecule has 0 heterocycles. The minimum absolute atomic E-state index is 0.0234. The minimum atomic E-state index is -0.477. The second-order valence-corrected chi connectivity index (χ2v) is 6.12. The summed E-state index contributed by atoms with van der Waals surface area (Å²) >= 11 is 0. The van der Waals surface area contributed by atoms with Gasteiger partial charge in [-0.25, -0.2) is 4.79 Å². The van der Waals surface area contributed by atoms with Crippen LogP contribution in [0.1, 0.15) is 41.8 Å². The maximum absolute atomic E-state index is 11.9. The zero-order valence-electron chi connectivity index (χ0n) is 14.8. The van der Waals surface area contributed by atoms with Gasteiger partial charge in [0.25, 0.3) is 5.91 Å². The van der Waals surface area contributed by atoms with Gasteiger partial charge in [-0.3, -0.25) is 4.79 Å². The van der Waals surface area contributed by atoms with Crippen LogP contribution in [0.15, 0.2) is 54.6 Å². The van der Waals surface area contributed by atoms with E-state index in [1.54, 1.807) is 12.1 Å². The summed E-state index contributed by atoms with van der Waals surface area (Å²) in [6.07, 6.45) is 2.65. The van der Waals surface area contributed by atoms with E-state index in [4.69, 9.17) is 4.74 Å². The molecule has 0 unspecified atom stereocenters. The molecular formula is C21H25NO3. The van der Waals surface area contributed by atoms with Crippen molar-refractivity contribution in [1.29, 1.82) is 0 Å². The maximum Gasteiger partial charge on any atom is 0.338 e. The first-order valence-corrected chi connectivity index (χ1v) is 8.68. The second-order valence-electron chi connectivity index (χ2n) is 6.12. The van der Waals surface area contributed by atoms with E-state index in [0.29, 0.717) is 5.56 Å². The average molecular weight is 339 g/mol. The molecule has 2 aromatic carbocycles. The summed E-state index contributed by atoms with van der Waals surface area (Å²) < 4.78 is 5.08. The van der Waals surface area contributed by atoms with E-state index in [0.717, 1.165) is 24.8 Å². The number of benzene rings is 2. The van der Waals surface area contributed by atoms with Crippen LogP contribution < -0.4 is 5.32 Å². The monoisotopic (exact) mass is 339 g/mol. The molecule has 0 aliphatic rings.